The van der Waals surface area contributed by atoms with E-state index in [0.717, 1.165) is 18.8 Å². The largest absolute Gasteiger partial charge is 0.373 e. The first-order chi connectivity index (χ1) is 8.99. The van der Waals surface area contributed by atoms with Crippen molar-refractivity contribution in [2.75, 3.05) is 18.5 Å². The smallest absolute Gasteiger partial charge is 0.307 e. The van der Waals surface area contributed by atoms with Crippen LogP contribution in [0.2, 0.25) is 0 Å². The van der Waals surface area contributed by atoms with E-state index in [0.29, 0.717) is 0 Å². The summed E-state index contributed by atoms with van der Waals surface area (Å²) in [4.78, 5) is 14.0. The molecule has 0 fully saturated rings. The average molecular weight is 276 g/mol. The van der Waals surface area contributed by atoms with Crippen molar-refractivity contribution in [3.05, 3.63) is 50.1 Å². The van der Waals surface area contributed by atoms with Crippen molar-refractivity contribution < 1.29 is 0 Å². The van der Waals surface area contributed by atoms with Gasteiger partial charge in [0, 0.05) is 36.9 Å². The predicted molar refractivity (Wildman–Crippen MR) is 82.5 cm³/mol. The molecule has 2 rings (SSSR count). The van der Waals surface area contributed by atoms with Crippen molar-refractivity contribution in [1.29, 1.82) is 0 Å². The minimum Gasteiger partial charge on any atom is -0.373 e. The van der Waals surface area contributed by atoms with Crippen LogP contribution in [0.5, 0.6) is 0 Å². The number of nitrogens with zero attached hydrogens (tertiary/aromatic N) is 2. The number of anilines is 1. The second kappa shape index (κ2) is 5.61. The summed E-state index contributed by atoms with van der Waals surface area (Å²) in [6.07, 6.45) is 0. The van der Waals surface area contributed by atoms with E-state index < -0.39 is 0 Å². The molecule has 3 nitrogen and oxygen atoms in total. The van der Waals surface area contributed by atoms with Gasteiger partial charge in [-0.2, -0.15) is 0 Å². The maximum atomic E-state index is 11.7. The Morgan fingerprint density at radius 1 is 1.26 bits per heavy atom. The lowest BCUT2D eigenvalue weighted by Gasteiger charge is -2.22. The minimum absolute atomic E-state index is 0.131. The topological polar surface area (TPSA) is 25.2 Å². The monoisotopic (exact) mass is 276 g/mol. The summed E-state index contributed by atoms with van der Waals surface area (Å²) in [6.45, 7) is 7.78. The molecule has 102 valence electrons. The summed E-state index contributed by atoms with van der Waals surface area (Å²) in [5, 5.41) is 1.92. The zero-order chi connectivity index (χ0) is 14.0. The van der Waals surface area contributed by atoms with Crippen LogP contribution in [0.3, 0.4) is 0 Å². The van der Waals surface area contributed by atoms with Crippen LogP contribution in [0.4, 0.5) is 5.69 Å². The van der Waals surface area contributed by atoms with Crippen LogP contribution in [0.1, 0.15) is 16.8 Å². The van der Waals surface area contributed by atoms with Gasteiger partial charge in [0.25, 0.3) is 0 Å². The Balaban J connectivity index is 2.09. The molecule has 19 heavy (non-hydrogen) atoms. The van der Waals surface area contributed by atoms with Crippen molar-refractivity contribution >= 4 is 17.0 Å². The Kier molecular flexibility index (Phi) is 4.10. The van der Waals surface area contributed by atoms with E-state index >= 15 is 0 Å². The molecule has 0 spiro atoms. The molecule has 0 aliphatic heterocycles. The number of aryl methyl sites for hydroxylation is 3. The van der Waals surface area contributed by atoms with E-state index in [4.69, 9.17) is 0 Å². The van der Waals surface area contributed by atoms with Crippen LogP contribution in [-0.4, -0.2) is 18.2 Å². The first kappa shape index (κ1) is 13.9. The van der Waals surface area contributed by atoms with Gasteiger partial charge in [-0.15, -0.1) is 0 Å². The molecule has 1 heterocycles. The molecule has 0 radical (unpaired) electrons. The van der Waals surface area contributed by atoms with Gasteiger partial charge in [0.15, 0.2) is 0 Å². The molecule has 1 aromatic heterocycles. The first-order valence-electron chi connectivity index (χ1n) is 6.42. The Morgan fingerprint density at radius 3 is 2.58 bits per heavy atom. The zero-order valence-electron chi connectivity index (χ0n) is 11.9. The third-order valence-electron chi connectivity index (χ3n) is 3.40. The Bertz CT molecular complexity index is 627. The lowest BCUT2D eigenvalue weighted by Crippen LogP contribution is -2.27. The molecule has 0 amide bonds. The van der Waals surface area contributed by atoms with Crippen molar-refractivity contribution in [2.24, 2.45) is 0 Å². The Hall–Kier alpha value is -1.55. The maximum absolute atomic E-state index is 11.7. The minimum atomic E-state index is 0.131. The van der Waals surface area contributed by atoms with Gasteiger partial charge in [-0.05, 0) is 32.4 Å². The highest BCUT2D eigenvalue weighted by Gasteiger charge is 2.07. The van der Waals surface area contributed by atoms with Crippen LogP contribution < -0.4 is 9.77 Å². The lowest BCUT2D eigenvalue weighted by atomic mass is 10.1. The number of hydrogen-bond donors (Lipinski definition) is 0. The van der Waals surface area contributed by atoms with Crippen LogP contribution in [-0.2, 0) is 6.54 Å². The lowest BCUT2D eigenvalue weighted by molar-refractivity contribution is 0.658. The Morgan fingerprint density at radius 2 is 2.00 bits per heavy atom. The van der Waals surface area contributed by atoms with Gasteiger partial charge in [-0.3, -0.25) is 4.79 Å². The van der Waals surface area contributed by atoms with E-state index in [9.17, 15) is 4.79 Å². The molecule has 0 aliphatic carbocycles. The molecule has 1 aromatic carbocycles. The molecule has 2 aromatic rings. The van der Waals surface area contributed by atoms with E-state index in [1.807, 2.05) is 16.9 Å². The van der Waals surface area contributed by atoms with Gasteiger partial charge >= 0.3 is 4.87 Å². The SMILES string of the molecule is Cc1ccc(N(C)CCn2c(C)csc2=O)c(C)c1. The highest BCUT2D eigenvalue weighted by atomic mass is 32.1. The normalized spacial score (nSPS) is 10.7. The average Bonchev–Trinajstić information content (AvgIpc) is 2.66. The van der Waals surface area contributed by atoms with Crippen LogP contribution >= 0.6 is 11.3 Å². The van der Waals surface area contributed by atoms with Gasteiger partial charge in [-0.1, -0.05) is 29.0 Å². The molecule has 0 unspecified atom stereocenters. The van der Waals surface area contributed by atoms with Crippen LogP contribution in [0.15, 0.2) is 28.4 Å². The number of likely N-dealkylation sites (N-methyl/N-ethyl adjacent to an activating group) is 1. The third kappa shape index (κ3) is 3.07. The highest BCUT2D eigenvalue weighted by Crippen LogP contribution is 2.19. The summed E-state index contributed by atoms with van der Waals surface area (Å²) >= 11 is 1.27. The number of thiazole rings is 1. The number of rotatable bonds is 4. The first-order valence-corrected chi connectivity index (χ1v) is 7.30. The summed E-state index contributed by atoms with van der Waals surface area (Å²) in [5.41, 5.74) is 4.83. The van der Waals surface area contributed by atoms with E-state index in [1.165, 1.54) is 28.2 Å². The van der Waals surface area contributed by atoms with Gasteiger partial charge in [0.1, 0.15) is 0 Å². The van der Waals surface area contributed by atoms with Gasteiger partial charge < -0.3 is 9.47 Å². The highest BCUT2D eigenvalue weighted by molar-refractivity contribution is 7.07. The zero-order valence-corrected chi connectivity index (χ0v) is 12.8. The summed E-state index contributed by atoms with van der Waals surface area (Å²) in [6, 6.07) is 6.46. The number of benzene rings is 1. The molecular weight excluding hydrogens is 256 g/mol. The molecule has 0 aliphatic rings. The molecule has 4 heteroatoms. The molecule has 0 bridgehead atoms. The van der Waals surface area contributed by atoms with E-state index in [-0.39, 0.29) is 4.87 Å². The summed E-state index contributed by atoms with van der Waals surface area (Å²) in [7, 11) is 2.07. The fourth-order valence-electron chi connectivity index (χ4n) is 2.28. The quantitative estimate of drug-likeness (QED) is 0.858. The third-order valence-corrected chi connectivity index (χ3v) is 4.28. The molecular formula is C15H20N2OS. The van der Waals surface area contributed by atoms with Crippen molar-refractivity contribution in [2.45, 2.75) is 27.3 Å². The van der Waals surface area contributed by atoms with Crippen molar-refractivity contribution in [3.8, 4) is 0 Å². The number of aromatic nitrogens is 1. The summed E-state index contributed by atoms with van der Waals surface area (Å²) < 4.78 is 1.84. The van der Waals surface area contributed by atoms with E-state index in [2.05, 4.69) is 44.0 Å². The molecule has 0 atom stereocenters. The van der Waals surface area contributed by atoms with Crippen LogP contribution in [0, 0.1) is 20.8 Å². The van der Waals surface area contributed by atoms with Gasteiger partial charge in [0.05, 0.1) is 0 Å². The second-order valence-electron chi connectivity index (χ2n) is 5.01. The summed E-state index contributed by atoms with van der Waals surface area (Å²) in [5.74, 6) is 0. The van der Waals surface area contributed by atoms with Crippen LogP contribution in [0.25, 0.3) is 0 Å². The standard InChI is InChI=1S/C15H20N2OS/c1-11-5-6-14(12(2)9-11)16(4)7-8-17-13(3)10-19-15(17)18/h5-6,9-10H,7-8H2,1-4H3. The Labute approximate surface area is 118 Å². The second-order valence-corrected chi connectivity index (χ2v) is 5.83. The fraction of sp³-hybridized carbons (Fsp3) is 0.400. The molecule has 0 saturated carbocycles. The maximum Gasteiger partial charge on any atom is 0.307 e. The van der Waals surface area contributed by atoms with Gasteiger partial charge in [0.2, 0.25) is 0 Å². The van der Waals surface area contributed by atoms with E-state index in [1.54, 1.807) is 0 Å². The fourth-order valence-corrected chi connectivity index (χ4v) is 3.04. The number of hydrogen-bond acceptors (Lipinski definition) is 3. The van der Waals surface area contributed by atoms with Crippen molar-refractivity contribution in [3.63, 3.8) is 0 Å². The van der Waals surface area contributed by atoms with Crippen molar-refractivity contribution in [1.82, 2.24) is 4.57 Å². The van der Waals surface area contributed by atoms with Gasteiger partial charge in [-0.25, -0.2) is 0 Å². The molecule has 0 saturated heterocycles. The molecule has 0 N–H and O–H groups in total. The predicted octanol–water partition coefficient (Wildman–Crippen LogP) is 2.97.